The number of carbonyl (C=O) groups excluding carboxylic acids is 1. The molecule has 0 amide bonds. The Balaban J connectivity index is 3.01. The van der Waals surface area contributed by atoms with E-state index in [0.717, 1.165) is 0 Å². The maximum atomic E-state index is 12.9. The Morgan fingerprint density at radius 3 is 2.71 bits per heavy atom. The zero-order valence-corrected chi connectivity index (χ0v) is 10.3. The highest BCUT2D eigenvalue weighted by Gasteiger charge is 2.33. The molecule has 0 fully saturated rings. The van der Waals surface area contributed by atoms with Crippen molar-refractivity contribution in [2.45, 2.75) is 45.6 Å². The molecule has 1 aliphatic rings. The third kappa shape index (κ3) is 3.11. The van der Waals surface area contributed by atoms with Crippen molar-refractivity contribution in [3.8, 4) is 0 Å². The second kappa shape index (κ2) is 5.38. The standard InChI is InChI=1S/C12H17F2NO2/c1-4-12(3)7-6-8(11(16)17-5-2)9(15-12)10(13)14/h6,10H,4-5,7H2,1-3H3. The van der Waals surface area contributed by atoms with Crippen LogP contribution < -0.4 is 0 Å². The van der Waals surface area contributed by atoms with Gasteiger partial charge in [0, 0.05) is 0 Å². The van der Waals surface area contributed by atoms with Gasteiger partial charge in [-0.1, -0.05) is 13.0 Å². The monoisotopic (exact) mass is 245 g/mol. The number of dihydropyridines is 1. The van der Waals surface area contributed by atoms with Crippen molar-refractivity contribution in [2.24, 2.45) is 4.99 Å². The van der Waals surface area contributed by atoms with E-state index in [-0.39, 0.29) is 12.2 Å². The van der Waals surface area contributed by atoms with E-state index in [0.29, 0.717) is 12.8 Å². The Morgan fingerprint density at radius 1 is 1.59 bits per heavy atom. The van der Waals surface area contributed by atoms with Gasteiger partial charge in [0.25, 0.3) is 6.43 Å². The van der Waals surface area contributed by atoms with Gasteiger partial charge in [-0.25, -0.2) is 13.6 Å². The van der Waals surface area contributed by atoms with Crippen LogP contribution in [0.1, 0.15) is 33.6 Å². The number of alkyl halides is 2. The molecule has 0 aromatic carbocycles. The van der Waals surface area contributed by atoms with Gasteiger partial charge in [0.2, 0.25) is 0 Å². The van der Waals surface area contributed by atoms with Crippen molar-refractivity contribution in [1.82, 2.24) is 0 Å². The quantitative estimate of drug-likeness (QED) is 0.714. The molecule has 3 nitrogen and oxygen atoms in total. The van der Waals surface area contributed by atoms with Crippen LogP contribution >= 0.6 is 0 Å². The second-order valence-corrected chi connectivity index (χ2v) is 4.19. The van der Waals surface area contributed by atoms with Crippen molar-refractivity contribution >= 4 is 11.7 Å². The molecule has 1 atom stereocenters. The minimum atomic E-state index is -2.75. The zero-order chi connectivity index (χ0) is 13.1. The van der Waals surface area contributed by atoms with Crippen LogP contribution in [-0.2, 0) is 9.53 Å². The third-order valence-electron chi connectivity index (χ3n) is 2.88. The molecule has 0 aliphatic carbocycles. The Hall–Kier alpha value is -1.26. The van der Waals surface area contributed by atoms with E-state index in [1.54, 1.807) is 13.8 Å². The Morgan fingerprint density at radius 2 is 2.24 bits per heavy atom. The predicted molar refractivity (Wildman–Crippen MR) is 61.5 cm³/mol. The number of carbonyl (C=O) groups is 1. The van der Waals surface area contributed by atoms with Gasteiger partial charge >= 0.3 is 5.97 Å². The first-order valence-corrected chi connectivity index (χ1v) is 5.69. The van der Waals surface area contributed by atoms with Crippen molar-refractivity contribution in [1.29, 1.82) is 0 Å². The minimum absolute atomic E-state index is 0.0900. The number of hydrogen-bond donors (Lipinski definition) is 0. The summed E-state index contributed by atoms with van der Waals surface area (Å²) in [5.41, 5.74) is -1.08. The van der Waals surface area contributed by atoms with Crippen LogP contribution in [-0.4, -0.2) is 30.3 Å². The average molecular weight is 245 g/mol. The lowest BCUT2D eigenvalue weighted by molar-refractivity contribution is -0.138. The molecule has 1 unspecified atom stereocenters. The van der Waals surface area contributed by atoms with E-state index < -0.39 is 23.6 Å². The van der Waals surface area contributed by atoms with Gasteiger partial charge in [-0.15, -0.1) is 0 Å². The first-order chi connectivity index (χ1) is 7.93. The molecular weight excluding hydrogens is 228 g/mol. The number of esters is 1. The van der Waals surface area contributed by atoms with Gasteiger partial charge in [0.1, 0.15) is 5.71 Å². The first kappa shape index (κ1) is 13.8. The Bertz CT molecular complexity index is 364. The SMILES string of the molecule is CCOC(=O)C1=CCC(C)(CC)N=C1C(F)F. The molecule has 1 rings (SSSR count). The summed E-state index contributed by atoms with van der Waals surface area (Å²) in [5.74, 6) is -0.718. The molecule has 0 saturated heterocycles. The van der Waals surface area contributed by atoms with E-state index in [1.807, 2.05) is 6.92 Å². The molecule has 0 radical (unpaired) electrons. The predicted octanol–water partition coefficient (Wildman–Crippen LogP) is 2.75. The summed E-state index contributed by atoms with van der Waals surface area (Å²) >= 11 is 0. The summed E-state index contributed by atoms with van der Waals surface area (Å²) < 4.78 is 30.5. The smallest absolute Gasteiger partial charge is 0.339 e. The highest BCUT2D eigenvalue weighted by Crippen LogP contribution is 2.29. The van der Waals surface area contributed by atoms with E-state index in [4.69, 9.17) is 4.74 Å². The first-order valence-electron chi connectivity index (χ1n) is 5.69. The molecule has 0 aromatic heterocycles. The van der Waals surface area contributed by atoms with Crippen LogP contribution in [0.15, 0.2) is 16.6 Å². The number of hydrogen-bond acceptors (Lipinski definition) is 3. The van der Waals surface area contributed by atoms with Gasteiger partial charge in [-0.2, -0.15) is 0 Å². The molecular formula is C12H17F2NO2. The number of halogens is 2. The second-order valence-electron chi connectivity index (χ2n) is 4.19. The fraction of sp³-hybridized carbons (Fsp3) is 0.667. The van der Waals surface area contributed by atoms with Crippen molar-refractivity contribution < 1.29 is 18.3 Å². The summed E-state index contributed by atoms with van der Waals surface area (Å²) in [4.78, 5) is 15.5. The third-order valence-corrected chi connectivity index (χ3v) is 2.88. The van der Waals surface area contributed by atoms with Gasteiger partial charge in [0.15, 0.2) is 0 Å². The molecule has 1 aliphatic heterocycles. The van der Waals surface area contributed by atoms with Crippen LogP contribution in [0.2, 0.25) is 0 Å². The fourth-order valence-electron chi connectivity index (χ4n) is 1.61. The molecule has 0 saturated carbocycles. The van der Waals surface area contributed by atoms with Gasteiger partial charge < -0.3 is 4.74 Å². The van der Waals surface area contributed by atoms with Crippen LogP contribution in [0, 0.1) is 0 Å². The topological polar surface area (TPSA) is 38.7 Å². The van der Waals surface area contributed by atoms with E-state index in [9.17, 15) is 13.6 Å². The lowest BCUT2D eigenvalue weighted by atomic mass is 9.89. The number of rotatable bonds is 4. The number of nitrogens with zero attached hydrogens (tertiary/aromatic N) is 1. The average Bonchev–Trinajstić information content (AvgIpc) is 2.29. The summed E-state index contributed by atoms with van der Waals surface area (Å²) in [7, 11) is 0. The molecule has 0 aromatic rings. The highest BCUT2D eigenvalue weighted by molar-refractivity contribution is 6.21. The summed E-state index contributed by atoms with van der Waals surface area (Å²) in [6.45, 7) is 5.48. The van der Waals surface area contributed by atoms with Crippen LogP contribution in [0.25, 0.3) is 0 Å². The molecule has 0 N–H and O–H groups in total. The Labute approximate surface area is 99.6 Å². The summed E-state index contributed by atoms with van der Waals surface area (Å²) in [5, 5.41) is 0. The number of ether oxygens (including phenoxy) is 1. The molecule has 5 heteroatoms. The lowest BCUT2D eigenvalue weighted by Gasteiger charge is -2.28. The lowest BCUT2D eigenvalue weighted by Crippen LogP contribution is -2.32. The fourth-order valence-corrected chi connectivity index (χ4v) is 1.61. The van der Waals surface area contributed by atoms with Gasteiger partial charge in [-0.05, 0) is 26.7 Å². The van der Waals surface area contributed by atoms with Gasteiger partial charge in [-0.3, -0.25) is 4.99 Å². The minimum Gasteiger partial charge on any atom is -0.462 e. The molecule has 0 spiro atoms. The maximum Gasteiger partial charge on any atom is 0.339 e. The maximum absolute atomic E-state index is 12.9. The van der Waals surface area contributed by atoms with Crippen LogP contribution in [0.5, 0.6) is 0 Å². The van der Waals surface area contributed by atoms with Crippen LogP contribution in [0.4, 0.5) is 8.78 Å². The molecule has 17 heavy (non-hydrogen) atoms. The normalized spacial score (nSPS) is 24.4. The molecule has 96 valence electrons. The van der Waals surface area contributed by atoms with Crippen molar-refractivity contribution in [3.05, 3.63) is 11.6 Å². The number of aliphatic imine (C=N–C) groups is 1. The zero-order valence-electron chi connectivity index (χ0n) is 10.3. The van der Waals surface area contributed by atoms with E-state index >= 15 is 0 Å². The van der Waals surface area contributed by atoms with E-state index in [1.165, 1.54) is 6.08 Å². The highest BCUT2D eigenvalue weighted by atomic mass is 19.3. The summed E-state index contributed by atoms with van der Waals surface area (Å²) in [6.07, 6.45) is -0.114. The van der Waals surface area contributed by atoms with Crippen molar-refractivity contribution in [2.75, 3.05) is 6.61 Å². The van der Waals surface area contributed by atoms with E-state index in [2.05, 4.69) is 4.99 Å². The van der Waals surface area contributed by atoms with Crippen LogP contribution in [0.3, 0.4) is 0 Å². The Kier molecular flexibility index (Phi) is 4.37. The molecule has 0 bridgehead atoms. The largest absolute Gasteiger partial charge is 0.462 e. The van der Waals surface area contributed by atoms with Gasteiger partial charge in [0.05, 0.1) is 17.7 Å². The van der Waals surface area contributed by atoms with Crippen molar-refractivity contribution in [3.63, 3.8) is 0 Å². The summed E-state index contributed by atoms with van der Waals surface area (Å²) in [6, 6.07) is 0. The molecule has 1 heterocycles.